The average molecular weight is 206 g/mol. The van der Waals surface area contributed by atoms with Crippen LogP contribution in [0.4, 0.5) is 5.69 Å². The lowest BCUT2D eigenvalue weighted by atomic mass is 10.1. The first-order valence-corrected chi connectivity index (χ1v) is 4.23. The SMILES string of the molecule is C/C(N)=C/C(=O)c1cccc([N+](=O)[O-])c1. The normalized spacial score (nSPS) is 11.1. The zero-order valence-electron chi connectivity index (χ0n) is 8.14. The van der Waals surface area contributed by atoms with Crippen LogP contribution in [0.5, 0.6) is 0 Å². The number of nitrogens with two attached hydrogens (primary N) is 1. The van der Waals surface area contributed by atoms with Gasteiger partial charge in [0.15, 0.2) is 5.78 Å². The predicted molar refractivity (Wildman–Crippen MR) is 55.4 cm³/mol. The van der Waals surface area contributed by atoms with E-state index in [1.165, 1.54) is 30.3 Å². The van der Waals surface area contributed by atoms with Crippen molar-refractivity contribution in [2.24, 2.45) is 5.73 Å². The van der Waals surface area contributed by atoms with Crippen molar-refractivity contribution in [3.63, 3.8) is 0 Å². The van der Waals surface area contributed by atoms with Gasteiger partial charge in [-0.3, -0.25) is 14.9 Å². The summed E-state index contributed by atoms with van der Waals surface area (Å²) < 4.78 is 0. The molecule has 0 aliphatic heterocycles. The Bertz CT molecular complexity index is 434. The number of carbonyl (C=O) groups is 1. The van der Waals surface area contributed by atoms with Crippen LogP contribution >= 0.6 is 0 Å². The van der Waals surface area contributed by atoms with Gasteiger partial charge >= 0.3 is 0 Å². The molecule has 2 N–H and O–H groups in total. The third-order valence-corrected chi connectivity index (χ3v) is 1.70. The van der Waals surface area contributed by atoms with Gasteiger partial charge in [-0.2, -0.15) is 0 Å². The lowest BCUT2D eigenvalue weighted by molar-refractivity contribution is -0.384. The number of non-ortho nitro benzene ring substituents is 1. The second-order valence-corrected chi connectivity index (χ2v) is 3.06. The highest BCUT2D eigenvalue weighted by Crippen LogP contribution is 2.13. The first-order chi connectivity index (χ1) is 7.00. The molecule has 0 atom stereocenters. The second kappa shape index (κ2) is 4.36. The van der Waals surface area contributed by atoms with Crippen LogP contribution in [0.3, 0.4) is 0 Å². The average Bonchev–Trinajstić information content (AvgIpc) is 2.17. The molecule has 0 fully saturated rings. The maximum absolute atomic E-state index is 11.5. The van der Waals surface area contributed by atoms with Gasteiger partial charge in [0.25, 0.3) is 5.69 Å². The molecule has 0 aliphatic carbocycles. The molecule has 0 saturated carbocycles. The van der Waals surface area contributed by atoms with Crippen molar-refractivity contribution in [1.82, 2.24) is 0 Å². The molecule has 5 nitrogen and oxygen atoms in total. The highest BCUT2D eigenvalue weighted by Gasteiger charge is 2.09. The molecule has 5 heteroatoms. The molecule has 78 valence electrons. The van der Waals surface area contributed by atoms with Gasteiger partial charge in [-0.15, -0.1) is 0 Å². The van der Waals surface area contributed by atoms with E-state index in [4.69, 9.17) is 5.73 Å². The fourth-order valence-electron chi connectivity index (χ4n) is 1.06. The van der Waals surface area contributed by atoms with Gasteiger partial charge in [0, 0.05) is 29.5 Å². The summed E-state index contributed by atoms with van der Waals surface area (Å²) in [5.74, 6) is -0.335. The molecular formula is C10H10N2O3. The van der Waals surface area contributed by atoms with Crippen molar-refractivity contribution in [2.75, 3.05) is 0 Å². The van der Waals surface area contributed by atoms with Crippen molar-refractivity contribution in [2.45, 2.75) is 6.92 Å². The largest absolute Gasteiger partial charge is 0.402 e. The summed E-state index contributed by atoms with van der Waals surface area (Å²) in [6.45, 7) is 1.58. The van der Waals surface area contributed by atoms with Gasteiger partial charge in [-0.05, 0) is 6.92 Å². The van der Waals surface area contributed by atoms with Crippen LogP contribution in [0.2, 0.25) is 0 Å². The highest BCUT2D eigenvalue weighted by molar-refractivity contribution is 6.05. The number of rotatable bonds is 3. The van der Waals surface area contributed by atoms with Crippen LogP contribution in [0.25, 0.3) is 0 Å². The number of allylic oxidation sites excluding steroid dienone is 2. The Hall–Kier alpha value is -2.17. The fourth-order valence-corrected chi connectivity index (χ4v) is 1.06. The molecule has 0 radical (unpaired) electrons. The van der Waals surface area contributed by atoms with E-state index in [-0.39, 0.29) is 17.0 Å². The van der Waals surface area contributed by atoms with Gasteiger partial charge < -0.3 is 5.73 Å². The monoisotopic (exact) mass is 206 g/mol. The molecule has 1 aromatic rings. The molecule has 0 amide bonds. The molecule has 0 unspecified atom stereocenters. The van der Waals surface area contributed by atoms with Crippen LogP contribution < -0.4 is 5.73 Å². The summed E-state index contributed by atoms with van der Waals surface area (Å²) in [6, 6.07) is 5.53. The summed E-state index contributed by atoms with van der Waals surface area (Å²) in [6.07, 6.45) is 1.24. The lowest BCUT2D eigenvalue weighted by Crippen LogP contribution is -2.00. The van der Waals surface area contributed by atoms with E-state index in [2.05, 4.69) is 0 Å². The minimum Gasteiger partial charge on any atom is -0.402 e. The minimum absolute atomic E-state index is 0.107. The topological polar surface area (TPSA) is 86.2 Å². The maximum Gasteiger partial charge on any atom is 0.270 e. The number of benzene rings is 1. The highest BCUT2D eigenvalue weighted by atomic mass is 16.6. The van der Waals surface area contributed by atoms with E-state index >= 15 is 0 Å². The first kappa shape index (κ1) is 10.9. The molecular weight excluding hydrogens is 196 g/mol. The van der Waals surface area contributed by atoms with Gasteiger partial charge in [-0.25, -0.2) is 0 Å². The van der Waals surface area contributed by atoms with E-state index in [1.54, 1.807) is 6.92 Å². The van der Waals surface area contributed by atoms with E-state index in [0.717, 1.165) is 0 Å². The van der Waals surface area contributed by atoms with Crippen LogP contribution in [-0.4, -0.2) is 10.7 Å². The number of nitrogens with zero attached hydrogens (tertiary/aromatic N) is 1. The molecule has 0 heterocycles. The third-order valence-electron chi connectivity index (χ3n) is 1.70. The summed E-state index contributed by atoms with van der Waals surface area (Å²) >= 11 is 0. The summed E-state index contributed by atoms with van der Waals surface area (Å²) in [5, 5.41) is 10.5. The molecule has 1 aromatic carbocycles. The van der Waals surface area contributed by atoms with Gasteiger partial charge in [-0.1, -0.05) is 12.1 Å². The van der Waals surface area contributed by atoms with Crippen molar-refractivity contribution in [1.29, 1.82) is 0 Å². The predicted octanol–water partition coefficient (Wildman–Crippen LogP) is 1.64. The Morgan fingerprint density at radius 1 is 1.53 bits per heavy atom. The molecule has 0 aromatic heterocycles. The Balaban J connectivity index is 3.06. The number of nitro groups is 1. The Labute approximate surface area is 86.4 Å². The summed E-state index contributed by atoms with van der Waals surface area (Å²) in [5.41, 5.74) is 5.85. The Kier molecular flexibility index (Phi) is 3.17. The van der Waals surface area contributed by atoms with E-state index < -0.39 is 4.92 Å². The van der Waals surface area contributed by atoms with Crippen molar-refractivity contribution < 1.29 is 9.72 Å². The number of ketones is 1. The number of hydrogen-bond donors (Lipinski definition) is 1. The Morgan fingerprint density at radius 2 is 2.20 bits per heavy atom. The van der Waals surface area contributed by atoms with Gasteiger partial charge in [0.05, 0.1) is 4.92 Å². The van der Waals surface area contributed by atoms with Crippen molar-refractivity contribution in [3.8, 4) is 0 Å². The number of hydrogen-bond acceptors (Lipinski definition) is 4. The molecule has 0 bridgehead atoms. The number of carbonyl (C=O) groups excluding carboxylic acids is 1. The fraction of sp³-hybridized carbons (Fsp3) is 0.100. The molecule has 0 saturated heterocycles. The molecule has 0 aliphatic rings. The zero-order chi connectivity index (χ0) is 11.4. The standard InChI is InChI=1S/C10H10N2O3/c1-7(11)5-10(13)8-3-2-4-9(6-8)12(14)15/h2-6H,11H2,1H3/b7-5-. The lowest BCUT2D eigenvalue weighted by Gasteiger charge is -1.96. The van der Waals surface area contributed by atoms with Crippen molar-refractivity contribution >= 4 is 11.5 Å². The smallest absolute Gasteiger partial charge is 0.270 e. The number of nitro benzene ring substituents is 1. The minimum atomic E-state index is -0.546. The first-order valence-electron chi connectivity index (χ1n) is 4.23. The van der Waals surface area contributed by atoms with Crippen LogP contribution in [0.15, 0.2) is 36.0 Å². The van der Waals surface area contributed by atoms with E-state index in [9.17, 15) is 14.9 Å². The van der Waals surface area contributed by atoms with Crippen LogP contribution in [-0.2, 0) is 0 Å². The van der Waals surface area contributed by atoms with E-state index in [0.29, 0.717) is 5.70 Å². The van der Waals surface area contributed by atoms with Crippen molar-refractivity contribution in [3.05, 3.63) is 51.7 Å². The van der Waals surface area contributed by atoms with Gasteiger partial charge in [0.2, 0.25) is 0 Å². The molecule has 0 spiro atoms. The maximum atomic E-state index is 11.5. The summed E-state index contributed by atoms with van der Waals surface area (Å²) in [4.78, 5) is 21.4. The zero-order valence-corrected chi connectivity index (χ0v) is 8.14. The Morgan fingerprint density at radius 3 is 2.73 bits per heavy atom. The van der Waals surface area contributed by atoms with Gasteiger partial charge in [0.1, 0.15) is 0 Å². The molecule has 1 rings (SSSR count). The van der Waals surface area contributed by atoms with E-state index in [1.807, 2.05) is 0 Å². The summed E-state index contributed by atoms with van der Waals surface area (Å²) in [7, 11) is 0. The van der Waals surface area contributed by atoms with Crippen LogP contribution in [0.1, 0.15) is 17.3 Å². The van der Waals surface area contributed by atoms with Crippen LogP contribution in [0, 0.1) is 10.1 Å². The second-order valence-electron chi connectivity index (χ2n) is 3.06. The molecule has 15 heavy (non-hydrogen) atoms. The third kappa shape index (κ3) is 2.91. The quantitative estimate of drug-likeness (QED) is 0.352.